The first-order valence-corrected chi connectivity index (χ1v) is 6.70. The molecule has 0 aromatic carbocycles. The number of hydrogen-bond donors (Lipinski definition) is 1. The fourth-order valence-corrected chi connectivity index (χ4v) is 1.57. The first kappa shape index (κ1) is 15.0. The minimum atomic E-state index is 0.118. The Balaban J connectivity index is 2.89. The van der Waals surface area contributed by atoms with Gasteiger partial charge in [-0.3, -0.25) is 0 Å². The Morgan fingerprint density at radius 3 is 2.44 bits per heavy atom. The van der Waals surface area contributed by atoms with Crippen LogP contribution in [0, 0.1) is 0 Å². The van der Waals surface area contributed by atoms with Crippen molar-refractivity contribution in [2.45, 2.75) is 59.5 Å². The topological polar surface area (TPSA) is 34.1 Å². The van der Waals surface area contributed by atoms with Crippen LogP contribution in [0.25, 0.3) is 0 Å². The van der Waals surface area contributed by atoms with Gasteiger partial charge in [0.25, 0.3) is 0 Å². The molecule has 18 heavy (non-hydrogen) atoms. The van der Waals surface area contributed by atoms with Gasteiger partial charge in [0.15, 0.2) is 0 Å². The summed E-state index contributed by atoms with van der Waals surface area (Å²) in [7, 11) is 0. The third-order valence-corrected chi connectivity index (χ3v) is 2.59. The van der Waals surface area contributed by atoms with E-state index in [9.17, 15) is 0 Å². The van der Waals surface area contributed by atoms with Crippen molar-refractivity contribution in [1.82, 2.24) is 10.3 Å². The highest BCUT2D eigenvalue weighted by Crippen LogP contribution is 2.19. The van der Waals surface area contributed by atoms with Crippen LogP contribution in [0.4, 0.5) is 0 Å². The standard InChI is InChI=1S/C15H26N2O/c1-7-18-14-9-12(10-16-15(4,5)6)8-13(17-14)11(2)3/h8-9,11,16H,7,10H2,1-6H3. The fraction of sp³-hybridized carbons (Fsp3) is 0.667. The van der Waals surface area contributed by atoms with Gasteiger partial charge >= 0.3 is 0 Å². The molecule has 1 aromatic rings. The maximum absolute atomic E-state index is 5.53. The summed E-state index contributed by atoms with van der Waals surface area (Å²) < 4.78 is 5.53. The molecule has 0 atom stereocenters. The second-order valence-corrected chi connectivity index (χ2v) is 5.93. The maximum Gasteiger partial charge on any atom is 0.213 e. The third kappa shape index (κ3) is 5.05. The van der Waals surface area contributed by atoms with E-state index in [1.54, 1.807) is 0 Å². The van der Waals surface area contributed by atoms with E-state index in [0.717, 1.165) is 18.1 Å². The second kappa shape index (κ2) is 6.19. The van der Waals surface area contributed by atoms with Crippen molar-refractivity contribution >= 4 is 0 Å². The van der Waals surface area contributed by atoms with Gasteiger partial charge in [-0.15, -0.1) is 0 Å². The Morgan fingerprint density at radius 2 is 1.94 bits per heavy atom. The summed E-state index contributed by atoms with van der Waals surface area (Å²) in [6.45, 7) is 14.3. The van der Waals surface area contributed by atoms with Crippen molar-refractivity contribution in [2.75, 3.05) is 6.61 Å². The van der Waals surface area contributed by atoms with Gasteiger partial charge in [0.05, 0.1) is 6.61 Å². The lowest BCUT2D eigenvalue weighted by Crippen LogP contribution is -2.35. The van der Waals surface area contributed by atoms with Crippen LogP contribution >= 0.6 is 0 Å². The summed E-state index contributed by atoms with van der Waals surface area (Å²) in [5.41, 5.74) is 2.44. The van der Waals surface area contributed by atoms with E-state index in [4.69, 9.17) is 4.74 Å². The van der Waals surface area contributed by atoms with E-state index in [0.29, 0.717) is 12.5 Å². The molecule has 3 nitrogen and oxygen atoms in total. The van der Waals surface area contributed by atoms with Crippen LogP contribution in [0.5, 0.6) is 5.88 Å². The highest BCUT2D eigenvalue weighted by molar-refractivity contribution is 5.26. The van der Waals surface area contributed by atoms with Crippen molar-refractivity contribution in [1.29, 1.82) is 0 Å². The molecule has 0 aliphatic heterocycles. The van der Waals surface area contributed by atoms with E-state index in [-0.39, 0.29) is 5.54 Å². The summed E-state index contributed by atoms with van der Waals surface area (Å²) in [5, 5.41) is 3.49. The van der Waals surface area contributed by atoms with E-state index in [2.05, 4.69) is 51.0 Å². The molecule has 0 amide bonds. The van der Waals surface area contributed by atoms with Crippen LogP contribution in [-0.2, 0) is 6.54 Å². The summed E-state index contributed by atoms with van der Waals surface area (Å²) in [5.74, 6) is 1.15. The first-order valence-electron chi connectivity index (χ1n) is 6.70. The number of rotatable bonds is 5. The van der Waals surface area contributed by atoms with Gasteiger partial charge in [-0.2, -0.15) is 0 Å². The average Bonchev–Trinajstić information content (AvgIpc) is 2.25. The monoisotopic (exact) mass is 250 g/mol. The molecule has 0 aliphatic carbocycles. The van der Waals surface area contributed by atoms with E-state index < -0.39 is 0 Å². The number of ether oxygens (including phenoxy) is 1. The number of nitrogens with one attached hydrogen (secondary N) is 1. The third-order valence-electron chi connectivity index (χ3n) is 2.59. The zero-order valence-corrected chi connectivity index (χ0v) is 12.5. The molecule has 0 fully saturated rings. The van der Waals surface area contributed by atoms with Crippen LogP contribution in [0.3, 0.4) is 0 Å². The number of nitrogens with zero attached hydrogens (tertiary/aromatic N) is 1. The molecule has 0 saturated heterocycles. The van der Waals surface area contributed by atoms with Crippen LogP contribution in [-0.4, -0.2) is 17.1 Å². The number of aromatic nitrogens is 1. The molecule has 0 bridgehead atoms. The van der Waals surface area contributed by atoms with Gasteiger partial charge in [0.1, 0.15) is 0 Å². The summed E-state index contributed by atoms with van der Waals surface area (Å²) in [6.07, 6.45) is 0. The molecular weight excluding hydrogens is 224 g/mol. The van der Waals surface area contributed by atoms with Crippen LogP contribution in [0.2, 0.25) is 0 Å². The van der Waals surface area contributed by atoms with Crippen molar-refractivity contribution in [3.05, 3.63) is 23.4 Å². The lowest BCUT2D eigenvalue weighted by atomic mass is 10.1. The van der Waals surface area contributed by atoms with Gasteiger partial charge in [-0.05, 0) is 45.2 Å². The normalized spacial score (nSPS) is 11.9. The minimum absolute atomic E-state index is 0.118. The molecule has 3 heteroatoms. The molecule has 102 valence electrons. The Bertz CT molecular complexity index is 381. The molecule has 1 rings (SSSR count). The molecule has 1 N–H and O–H groups in total. The van der Waals surface area contributed by atoms with Gasteiger partial charge < -0.3 is 10.1 Å². The average molecular weight is 250 g/mol. The fourth-order valence-electron chi connectivity index (χ4n) is 1.57. The van der Waals surface area contributed by atoms with E-state index in [1.807, 2.05) is 13.0 Å². The van der Waals surface area contributed by atoms with Crippen molar-refractivity contribution in [2.24, 2.45) is 0 Å². The SMILES string of the molecule is CCOc1cc(CNC(C)(C)C)cc(C(C)C)n1. The van der Waals surface area contributed by atoms with Crippen molar-refractivity contribution < 1.29 is 4.74 Å². The molecular formula is C15H26N2O. The molecule has 0 radical (unpaired) electrons. The molecule has 0 spiro atoms. The quantitative estimate of drug-likeness (QED) is 0.868. The van der Waals surface area contributed by atoms with Crippen LogP contribution in [0.1, 0.15) is 58.7 Å². The largest absolute Gasteiger partial charge is 0.478 e. The van der Waals surface area contributed by atoms with Crippen LogP contribution < -0.4 is 10.1 Å². The highest BCUT2D eigenvalue weighted by Gasteiger charge is 2.11. The summed E-state index contributed by atoms with van der Waals surface area (Å²) in [6, 6.07) is 4.18. The zero-order chi connectivity index (χ0) is 13.8. The Morgan fingerprint density at radius 1 is 1.28 bits per heavy atom. The zero-order valence-electron chi connectivity index (χ0n) is 12.5. The summed E-state index contributed by atoms with van der Waals surface area (Å²) >= 11 is 0. The molecule has 0 aliphatic rings. The predicted molar refractivity (Wildman–Crippen MR) is 76.1 cm³/mol. The maximum atomic E-state index is 5.53. The number of hydrogen-bond acceptors (Lipinski definition) is 3. The van der Waals surface area contributed by atoms with E-state index in [1.165, 1.54) is 5.56 Å². The Labute approximate surface area is 111 Å². The number of pyridine rings is 1. The van der Waals surface area contributed by atoms with Gasteiger partial charge in [0, 0.05) is 23.8 Å². The second-order valence-electron chi connectivity index (χ2n) is 5.93. The first-order chi connectivity index (χ1) is 8.31. The minimum Gasteiger partial charge on any atom is -0.478 e. The van der Waals surface area contributed by atoms with Gasteiger partial charge in [-0.1, -0.05) is 13.8 Å². The van der Waals surface area contributed by atoms with Crippen molar-refractivity contribution in [3.8, 4) is 5.88 Å². The smallest absolute Gasteiger partial charge is 0.213 e. The summed E-state index contributed by atoms with van der Waals surface area (Å²) in [4.78, 5) is 4.52. The van der Waals surface area contributed by atoms with E-state index >= 15 is 0 Å². The molecule has 1 heterocycles. The predicted octanol–water partition coefficient (Wildman–Crippen LogP) is 3.49. The van der Waals surface area contributed by atoms with Crippen LogP contribution in [0.15, 0.2) is 12.1 Å². The molecule has 1 aromatic heterocycles. The lowest BCUT2D eigenvalue weighted by molar-refractivity contribution is 0.324. The molecule has 0 saturated carbocycles. The van der Waals surface area contributed by atoms with Crippen molar-refractivity contribution in [3.63, 3.8) is 0 Å². The van der Waals surface area contributed by atoms with Gasteiger partial charge in [0.2, 0.25) is 5.88 Å². The Hall–Kier alpha value is -1.09. The lowest BCUT2D eigenvalue weighted by Gasteiger charge is -2.21. The highest BCUT2D eigenvalue weighted by atomic mass is 16.5. The Kier molecular flexibility index (Phi) is 5.15. The van der Waals surface area contributed by atoms with Gasteiger partial charge in [-0.25, -0.2) is 4.98 Å². The molecule has 0 unspecified atom stereocenters.